The van der Waals surface area contributed by atoms with Gasteiger partial charge in [-0.2, -0.15) is 4.31 Å². The molecule has 1 unspecified atom stereocenters. The normalized spacial score (nSPS) is 26.1. The molecule has 21 heavy (non-hydrogen) atoms. The molecule has 3 heterocycles. The second-order valence-electron chi connectivity index (χ2n) is 4.89. The van der Waals surface area contributed by atoms with Gasteiger partial charge >= 0.3 is 6.03 Å². The van der Waals surface area contributed by atoms with E-state index in [0.717, 1.165) is 4.31 Å². The molecule has 0 aliphatic carbocycles. The number of hydrogen-bond donors (Lipinski definition) is 2. The van der Waals surface area contributed by atoms with Gasteiger partial charge in [-0.25, -0.2) is 18.2 Å². The van der Waals surface area contributed by atoms with Crippen LogP contribution in [0.2, 0.25) is 5.15 Å². The summed E-state index contributed by atoms with van der Waals surface area (Å²) < 4.78 is 26.2. The second kappa shape index (κ2) is 4.65. The van der Waals surface area contributed by atoms with Gasteiger partial charge < -0.3 is 5.32 Å². The van der Waals surface area contributed by atoms with E-state index in [4.69, 9.17) is 11.6 Å². The van der Waals surface area contributed by atoms with E-state index < -0.39 is 27.5 Å². The number of rotatable bonds is 2. The Hall–Kier alpha value is -1.71. The molecule has 0 saturated carbocycles. The highest BCUT2D eigenvalue weighted by Gasteiger charge is 2.53. The van der Waals surface area contributed by atoms with Gasteiger partial charge in [-0.1, -0.05) is 11.6 Å². The fourth-order valence-corrected chi connectivity index (χ4v) is 4.24. The lowest BCUT2D eigenvalue weighted by atomic mass is 10.00. The number of pyridine rings is 1. The van der Waals surface area contributed by atoms with Gasteiger partial charge in [-0.05, 0) is 18.6 Å². The van der Waals surface area contributed by atoms with Crippen molar-refractivity contribution in [2.75, 3.05) is 13.1 Å². The number of amides is 3. The monoisotopic (exact) mass is 330 g/mol. The standard InChI is InChI=1S/C11H11ClN4O4S/c12-8-5-7(1-3-13-8)21(19,20)16-4-2-11(6-16)9(17)14-10(18)15-11/h1,3,5H,2,4,6H2,(H2,14,15,17,18). The lowest BCUT2D eigenvalue weighted by Gasteiger charge is -2.20. The largest absolute Gasteiger partial charge is 0.322 e. The predicted molar refractivity (Wildman–Crippen MR) is 72.0 cm³/mol. The zero-order valence-electron chi connectivity index (χ0n) is 10.7. The molecule has 1 aromatic rings. The van der Waals surface area contributed by atoms with Crippen LogP contribution in [0, 0.1) is 0 Å². The Kier molecular flexibility index (Phi) is 3.15. The molecule has 1 atom stereocenters. The molecule has 3 amide bonds. The molecule has 8 nitrogen and oxygen atoms in total. The van der Waals surface area contributed by atoms with Crippen LogP contribution in [0.15, 0.2) is 23.2 Å². The van der Waals surface area contributed by atoms with Crippen molar-refractivity contribution < 1.29 is 18.0 Å². The summed E-state index contributed by atoms with van der Waals surface area (Å²) in [7, 11) is -3.79. The fraction of sp³-hybridized carbons (Fsp3) is 0.364. The number of hydrogen-bond acceptors (Lipinski definition) is 5. The molecular weight excluding hydrogens is 320 g/mol. The topological polar surface area (TPSA) is 108 Å². The third kappa shape index (κ3) is 2.27. The van der Waals surface area contributed by atoms with Crippen LogP contribution in [0.4, 0.5) is 4.79 Å². The zero-order valence-corrected chi connectivity index (χ0v) is 12.2. The lowest BCUT2D eigenvalue weighted by Crippen LogP contribution is -2.49. The van der Waals surface area contributed by atoms with E-state index in [1.807, 2.05) is 0 Å². The van der Waals surface area contributed by atoms with E-state index in [1.165, 1.54) is 18.3 Å². The maximum absolute atomic E-state index is 12.5. The number of carbonyl (C=O) groups is 2. The van der Waals surface area contributed by atoms with E-state index in [9.17, 15) is 18.0 Å². The summed E-state index contributed by atoms with van der Waals surface area (Å²) in [6.07, 6.45) is 1.52. The fourth-order valence-electron chi connectivity index (χ4n) is 2.49. The van der Waals surface area contributed by atoms with Gasteiger partial charge in [-0.3, -0.25) is 10.1 Å². The summed E-state index contributed by atoms with van der Waals surface area (Å²) in [6, 6.07) is 1.97. The summed E-state index contributed by atoms with van der Waals surface area (Å²) in [4.78, 5) is 26.8. The molecule has 1 spiro atoms. The van der Waals surface area contributed by atoms with Crippen LogP contribution in [0.1, 0.15) is 6.42 Å². The highest BCUT2D eigenvalue weighted by molar-refractivity contribution is 7.89. The van der Waals surface area contributed by atoms with Gasteiger partial charge in [-0.15, -0.1) is 0 Å². The number of imide groups is 1. The van der Waals surface area contributed by atoms with Crippen molar-refractivity contribution in [3.8, 4) is 0 Å². The molecule has 0 radical (unpaired) electrons. The second-order valence-corrected chi connectivity index (χ2v) is 7.22. The van der Waals surface area contributed by atoms with Crippen molar-refractivity contribution >= 4 is 33.6 Å². The Bertz CT molecular complexity index is 737. The highest BCUT2D eigenvalue weighted by atomic mass is 35.5. The van der Waals surface area contributed by atoms with Crippen LogP contribution in [-0.4, -0.2) is 48.3 Å². The Morgan fingerprint density at radius 3 is 2.76 bits per heavy atom. The van der Waals surface area contributed by atoms with Crippen molar-refractivity contribution in [1.29, 1.82) is 0 Å². The number of urea groups is 1. The molecule has 10 heteroatoms. The predicted octanol–water partition coefficient (Wildman–Crippen LogP) is -0.292. The smallest absolute Gasteiger partial charge is 0.322 e. The number of nitrogens with zero attached hydrogens (tertiary/aromatic N) is 2. The van der Waals surface area contributed by atoms with Gasteiger partial charge in [0.15, 0.2) is 0 Å². The molecule has 1 aromatic heterocycles. The lowest BCUT2D eigenvalue weighted by molar-refractivity contribution is -0.123. The molecule has 3 rings (SSSR count). The average molecular weight is 331 g/mol. The number of halogens is 1. The Balaban J connectivity index is 1.89. The third-order valence-electron chi connectivity index (χ3n) is 3.58. The average Bonchev–Trinajstić information content (AvgIpc) is 2.95. The Labute approximate surface area is 125 Å². The van der Waals surface area contributed by atoms with Crippen molar-refractivity contribution in [2.45, 2.75) is 16.9 Å². The first-order valence-corrected chi connectivity index (χ1v) is 7.91. The molecular formula is C11H11ClN4O4S. The maximum Gasteiger partial charge on any atom is 0.322 e. The van der Waals surface area contributed by atoms with Gasteiger partial charge in [0.2, 0.25) is 10.0 Å². The van der Waals surface area contributed by atoms with E-state index in [0.29, 0.717) is 0 Å². The SMILES string of the molecule is O=C1NC(=O)C2(CCN(S(=O)(=O)c3ccnc(Cl)c3)C2)N1. The minimum absolute atomic E-state index is 0.00396. The summed E-state index contributed by atoms with van der Waals surface area (Å²) in [6.45, 7) is 0.0306. The first kappa shape index (κ1) is 14.2. The summed E-state index contributed by atoms with van der Waals surface area (Å²) in [5.41, 5.74) is -1.18. The van der Waals surface area contributed by atoms with E-state index in [1.54, 1.807) is 0 Å². The minimum atomic E-state index is -3.79. The maximum atomic E-state index is 12.5. The summed E-state index contributed by atoms with van der Waals surface area (Å²) >= 11 is 5.71. The van der Waals surface area contributed by atoms with E-state index >= 15 is 0 Å². The molecule has 2 fully saturated rings. The zero-order chi connectivity index (χ0) is 15.3. The van der Waals surface area contributed by atoms with Crippen molar-refractivity contribution in [3.05, 3.63) is 23.5 Å². The molecule has 112 valence electrons. The number of nitrogens with one attached hydrogen (secondary N) is 2. The van der Waals surface area contributed by atoms with Crippen molar-refractivity contribution in [3.63, 3.8) is 0 Å². The molecule has 2 saturated heterocycles. The van der Waals surface area contributed by atoms with Gasteiger partial charge in [0.1, 0.15) is 10.7 Å². The van der Waals surface area contributed by atoms with Crippen molar-refractivity contribution in [1.82, 2.24) is 19.9 Å². The molecule has 2 aliphatic rings. The van der Waals surface area contributed by atoms with Gasteiger partial charge in [0, 0.05) is 19.3 Å². The molecule has 0 aromatic carbocycles. The van der Waals surface area contributed by atoms with Crippen LogP contribution in [0.5, 0.6) is 0 Å². The van der Waals surface area contributed by atoms with Crippen LogP contribution in [0.25, 0.3) is 0 Å². The first-order valence-electron chi connectivity index (χ1n) is 6.09. The van der Waals surface area contributed by atoms with Gasteiger partial charge in [0.05, 0.1) is 4.90 Å². The minimum Gasteiger partial charge on any atom is -0.322 e. The van der Waals surface area contributed by atoms with Crippen LogP contribution in [-0.2, 0) is 14.8 Å². The summed E-state index contributed by atoms with van der Waals surface area (Å²) in [5, 5.41) is 4.70. The van der Waals surface area contributed by atoms with Crippen LogP contribution >= 0.6 is 11.6 Å². The number of carbonyl (C=O) groups excluding carboxylic acids is 2. The number of sulfonamides is 1. The number of aromatic nitrogens is 1. The Morgan fingerprint density at radius 1 is 1.38 bits per heavy atom. The van der Waals surface area contributed by atoms with E-state index in [2.05, 4.69) is 15.6 Å². The quantitative estimate of drug-likeness (QED) is 0.572. The molecule has 2 aliphatic heterocycles. The van der Waals surface area contributed by atoms with Crippen LogP contribution < -0.4 is 10.6 Å². The van der Waals surface area contributed by atoms with E-state index in [-0.39, 0.29) is 29.6 Å². The molecule has 0 bridgehead atoms. The highest BCUT2D eigenvalue weighted by Crippen LogP contribution is 2.29. The third-order valence-corrected chi connectivity index (χ3v) is 5.63. The Morgan fingerprint density at radius 2 is 2.14 bits per heavy atom. The molecule has 2 N–H and O–H groups in total. The van der Waals surface area contributed by atoms with Crippen molar-refractivity contribution in [2.24, 2.45) is 0 Å². The summed E-state index contributed by atoms with van der Waals surface area (Å²) in [5.74, 6) is -0.502. The van der Waals surface area contributed by atoms with Gasteiger partial charge in [0.25, 0.3) is 5.91 Å². The van der Waals surface area contributed by atoms with Crippen LogP contribution in [0.3, 0.4) is 0 Å². The first-order chi connectivity index (χ1) is 9.83.